The van der Waals surface area contributed by atoms with E-state index in [1.54, 1.807) is 31.2 Å². The van der Waals surface area contributed by atoms with E-state index in [-0.39, 0.29) is 10.8 Å². The zero-order valence-electron chi connectivity index (χ0n) is 16.7. The molecule has 0 spiro atoms. The normalized spacial score (nSPS) is 11.0. The van der Waals surface area contributed by atoms with Gasteiger partial charge in [-0.25, -0.2) is 8.42 Å². The molecule has 0 saturated carbocycles. The van der Waals surface area contributed by atoms with Crippen LogP contribution in [0, 0.1) is 0 Å². The number of para-hydroxylation sites is 2. The highest BCUT2D eigenvalue weighted by Crippen LogP contribution is 2.23. The molecule has 0 radical (unpaired) electrons. The smallest absolute Gasteiger partial charge is 0.264 e. The van der Waals surface area contributed by atoms with Gasteiger partial charge in [-0.15, -0.1) is 0 Å². The fourth-order valence-electron chi connectivity index (χ4n) is 2.94. The van der Waals surface area contributed by atoms with Crippen LogP contribution < -0.4 is 14.4 Å². The molecule has 0 aliphatic rings. The van der Waals surface area contributed by atoms with Gasteiger partial charge < -0.3 is 10.1 Å². The van der Waals surface area contributed by atoms with Crippen molar-refractivity contribution < 1.29 is 17.9 Å². The van der Waals surface area contributed by atoms with Gasteiger partial charge in [0.2, 0.25) is 0 Å². The minimum atomic E-state index is -3.72. The van der Waals surface area contributed by atoms with Gasteiger partial charge in [0.05, 0.1) is 17.1 Å². The van der Waals surface area contributed by atoms with E-state index in [9.17, 15) is 13.2 Å². The summed E-state index contributed by atoms with van der Waals surface area (Å²) in [6.45, 7) is 2.76. The molecule has 3 aromatic carbocycles. The lowest BCUT2D eigenvalue weighted by Gasteiger charge is -2.23. The Labute approximate surface area is 177 Å². The molecule has 0 bridgehead atoms. The van der Waals surface area contributed by atoms with Gasteiger partial charge in [0, 0.05) is 12.1 Å². The number of benzene rings is 3. The maximum atomic E-state index is 13.0. The Morgan fingerprint density at radius 3 is 2.10 bits per heavy atom. The Bertz CT molecular complexity index is 1050. The fraction of sp³-hybridized carbons (Fsp3) is 0.174. The second-order valence-electron chi connectivity index (χ2n) is 6.45. The molecule has 0 aliphatic heterocycles. The van der Waals surface area contributed by atoms with Crippen molar-refractivity contribution in [2.75, 3.05) is 24.0 Å². The molecule has 1 N–H and O–H groups in total. The average molecular weight is 425 g/mol. The van der Waals surface area contributed by atoms with E-state index in [0.717, 1.165) is 5.75 Å². The zero-order chi connectivity index (χ0) is 21.4. The van der Waals surface area contributed by atoms with Crippen molar-refractivity contribution in [1.29, 1.82) is 0 Å². The molecule has 0 unspecified atom stereocenters. The molecule has 7 heteroatoms. The van der Waals surface area contributed by atoms with Gasteiger partial charge in [-0.2, -0.15) is 0 Å². The van der Waals surface area contributed by atoms with Crippen LogP contribution >= 0.6 is 0 Å². The van der Waals surface area contributed by atoms with E-state index in [0.29, 0.717) is 30.9 Å². The Morgan fingerprint density at radius 1 is 0.900 bits per heavy atom. The van der Waals surface area contributed by atoms with Crippen LogP contribution in [0.5, 0.6) is 5.75 Å². The molecule has 0 heterocycles. The predicted octanol–water partition coefficient (Wildman–Crippen LogP) is 3.71. The van der Waals surface area contributed by atoms with Gasteiger partial charge in [0.15, 0.2) is 0 Å². The number of ether oxygens (including phenoxy) is 1. The minimum absolute atomic E-state index is 0.136. The largest absolute Gasteiger partial charge is 0.492 e. The first-order valence-corrected chi connectivity index (χ1v) is 11.1. The highest BCUT2D eigenvalue weighted by atomic mass is 32.2. The summed E-state index contributed by atoms with van der Waals surface area (Å²) in [5.41, 5.74) is 0.983. The van der Waals surface area contributed by atoms with Crippen molar-refractivity contribution in [3.05, 3.63) is 90.5 Å². The topological polar surface area (TPSA) is 75.7 Å². The standard InChI is InChI=1S/C23H24N2O4S/c1-2-25(20-9-5-3-6-10-20)30(27,28)22-15-13-19(14-16-22)23(26)24-17-18-29-21-11-7-4-8-12-21/h3-16H,2,17-18H2,1H3,(H,24,26). The molecule has 6 nitrogen and oxygen atoms in total. The number of anilines is 1. The Hall–Kier alpha value is -3.32. The second-order valence-corrected chi connectivity index (χ2v) is 8.31. The summed E-state index contributed by atoms with van der Waals surface area (Å²) in [5, 5.41) is 2.76. The maximum Gasteiger partial charge on any atom is 0.264 e. The number of rotatable bonds is 9. The molecular weight excluding hydrogens is 400 g/mol. The Balaban J connectivity index is 1.61. The van der Waals surface area contributed by atoms with Gasteiger partial charge in [0.25, 0.3) is 15.9 Å². The summed E-state index contributed by atoms with van der Waals surface area (Å²) in [6, 6.07) is 24.2. The number of nitrogens with one attached hydrogen (secondary N) is 1. The number of carbonyl (C=O) groups excluding carboxylic acids is 1. The lowest BCUT2D eigenvalue weighted by molar-refractivity contribution is 0.0947. The third-order valence-corrected chi connectivity index (χ3v) is 6.35. The molecule has 3 rings (SSSR count). The third-order valence-electron chi connectivity index (χ3n) is 4.44. The lowest BCUT2D eigenvalue weighted by atomic mass is 10.2. The zero-order valence-corrected chi connectivity index (χ0v) is 17.5. The van der Waals surface area contributed by atoms with E-state index in [1.807, 2.05) is 36.4 Å². The molecule has 156 valence electrons. The minimum Gasteiger partial charge on any atom is -0.492 e. The van der Waals surface area contributed by atoms with Crippen molar-refractivity contribution in [3.8, 4) is 5.75 Å². The number of hydrogen-bond donors (Lipinski definition) is 1. The molecule has 1 amide bonds. The van der Waals surface area contributed by atoms with Gasteiger partial charge in [0.1, 0.15) is 12.4 Å². The van der Waals surface area contributed by atoms with Crippen LogP contribution in [0.25, 0.3) is 0 Å². The summed E-state index contributed by atoms with van der Waals surface area (Å²) in [7, 11) is -3.72. The number of carbonyl (C=O) groups is 1. The monoisotopic (exact) mass is 424 g/mol. The molecular formula is C23H24N2O4S. The van der Waals surface area contributed by atoms with Gasteiger partial charge in [-0.05, 0) is 55.5 Å². The summed E-state index contributed by atoms with van der Waals surface area (Å²) in [6.07, 6.45) is 0. The van der Waals surface area contributed by atoms with Gasteiger partial charge in [-0.3, -0.25) is 9.10 Å². The number of sulfonamides is 1. The Morgan fingerprint density at radius 2 is 1.50 bits per heavy atom. The summed E-state index contributed by atoms with van der Waals surface area (Å²) < 4.78 is 32.9. The summed E-state index contributed by atoms with van der Waals surface area (Å²) in [5.74, 6) is 0.450. The predicted molar refractivity (Wildman–Crippen MR) is 117 cm³/mol. The van der Waals surface area contributed by atoms with E-state index in [2.05, 4.69) is 5.32 Å². The van der Waals surface area contributed by atoms with Crippen molar-refractivity contribution in [1.82, 2.24) is 5.32 Å². The van der Waals surface area contributed by atoms with Crippen LogP contribution in [0.4, 0.5) is 5.69 Å². The van der Waals surface area contributed by atoms with Crippen LogP contribution in [-0.4, -0.2) is 34.0 Å². The lowest BCUT2D eigenvalue weighted by Crippen LogP contribution is -2.31. The SMILES string of the molecule is CCN(c1ccccc1)S(=O)(=O)c1ccc(C(=O)NCCOc2ccccc2)cc1. The van der Waals surface area contributed by atoms with Gasteiger partial charge >= 0.3 is 0 Å². The van der Waals surface area contributed by atoms with Crippen LogP contribution in [0.2, 0.25) is 0 Å². The molecule has 0 fully saturated rings. The van der Waals surface area contributed by atoms with E-state index < -0.39 is 10.0 Å². The molecule has 0 saturated heterocycles. The van der Waals surface area contributed by atoms with E-state index in [1.165, 1.54) is 28.6 Å². The molecule has 30 heavy (non-hydrogen) atoms. The highest BCUT2D eigenvalue weighted by Gasteiger charge is 2.23. The molecule has 0 aliphatic carbocycles. The van der Waals surface area contributed by atoms with E-state index >= 15 is 0 Å². The average Bonchev–Trinajstić information content (AvgIpc) is 2.78. The quantitative estimate of drug-likeness (QED) is 0.532. The van der Waals surface area contributed by atoms with Crippen molar-refractivity contribution >= 4 is 21.6 Å². The maximum absolute atomic E-state index is 13.0. The van der Waals surface area contributed by atoms with Crippen molar-refractivity contribution in [3.63, 3.8) is 0 Å². The van der Waals surface area contributed by atoms with Crippen LogP contribution in [-0.2, 0) is 10.0 Å². The van der Waals surface area contributed by atoms with Crippen molar-refractivity contribution in [2.24, 2.45) is 0 Å². The molecule has 0 atom stereocenters. The Kier molecular flexibility index (Phi) is 7.08. The van der Waals surface area contributed by atoms with E-state index in [4.69, 9.17) is 4.74 Å². The van der Waals surface area contributed by atoms with Gasteiger partial charge in [-0.1, -0.05) is 36.4 Å². The fourth-order valence-corrected chi connectivity index (χ4v) is 4.42. The number of amides is 1. The van der Waals surface area contributed by atoms with Crippen molar-refractivity contribution in [2.45, 2.75) is 11.8 Å². The van der Waals surface area contributed by atoms with Crippen LogP contribution in [0.1, 0.15) is 17.3 Å². The number of hydrogen-bond acceptors (Lipinski definition) is 4. The third kappa shape index (κ3) is 5.18. The van der Waals surface area contributed by atoms with Crippen LogP contribution in [0.15, 0.2) is 89.8 Å². The summed E-state index contributed by atoms with van der Waals surface area (Å²) >= 11 is 0. The second kappa shape index (κ2) is 9.93. The number of nitrogens with zero attached hydrogens (tertiary/aromatic N) is 1. The molecule has 3 aromatic rings. The summed E-state index contributed by atoms with van der Waals surface area (Å²) in [4.78, 5) is 12.4. The first-order chi connectivity index (χ1) is 14.5. The highest BCUT2D eigenvalue weighted by molar-refractivity contribution is 7.92. The molecule has 0 aromatic heterocycles. The first kappa shape index (κ1) is 21.4. The first-order valence-electron chi connectivity index (χ1n) is 9.66. The van der Waals surface area contributed by atoms with Crippen LogP contribution in [0.3, 0.4) is 0 Å².